The monoisotopic (exact) mass is 304 g/mol. The van der Waals surface area contributed by atoms with Crippen molar-refractivity contribution in [3.8, 4) is 0 Å². The zero-order valence-corrected chi connectivity index (χ0v) is 13.0. The first-order chi connectivity index (χ1) is 10.4. The first-order valence-electron chi connectivity index (χ1n) is 7.29. The molecule has 7 heteroatoms. The third-order valence-corrected chi connectivity index (χ3v) is 4.02. The highest BCUT2D eigenvalue weighted by Crippen LogP contribution is 2.24. The fourth-order valence-corrected chi connectivity index (χ4v) is 2.48. The smallest absolute Gasteiger partial charge is 0.323 e. The quantitative estimate of drug-likeness (QED) is 0.805. The first-order valence-corrected chi connectivity index (χ1v) is 7.29. The largest absolute Gasteiger partial charge is 0.325 e. The molecule has 1 saturated heterocycles. The normalized spacial score (nSPS) is 16.6. The van der Waals surface area contributed by atoms with Gasteiger partial charge < -0.3 is 10.6 Å². The fourth-order valence-electron chi connectivity index (χ4n) is 2.48. The van der Waals surface area contributed by atoms with Crippen molar-refractivity contribution < 1.29 is 14.4 Å². The van der Waals surface area contributed by atoms with Gasteiger partial charge in [-0.05, 0) is 31.4 Å². The Morgan fingerprint density at radius 2 is 2.05 bits per heavy atom. The van der Waals surface area contributed by atoms with Gasteiger partial charge in [-0.1, -0.05) is 19.9 Å². The van der Waals surface area contributed by atoms with Crippen LogP contribution in [0.25, 0.3) is 0 Å². The number of anilines is 1. The Bertz CT molecular complexity index is 611. The van der Waals surface area contributed by atoms with E-state index in [2.05, 4.69) is 15.6 Å². The van der Waals surface area contributed by atoms with Gasteiger partial charge in [0.1, 0.15) is 17.9 Å². The van der Waals surface area contributed by atoms with E-state index in [1.54, 1.807) is 12.3 Å². The number of nitrogens with zero attached hydrogens (tertiary/aromatic N) is 2. The van der Waals surface area contributed by atoms with Crippen molar-refractivity contribution in [2.24, 2.45) is 0 Å². The van der Waals surface area contributed by atoms with Crippen molar-refractivity contribution in [1.29, 1.82) is 0 Å². The topological polar surface area (TPSA) is 91.4 Å². The molecule has 2 heterocycles. The van der Waals surface area contributed by atoms with Crippen LogP contribution < -0.4 is 10.6 Å². The standard InChI is InChI=1S/C15H20N4O3/c1-4-15(5-2)13(21)19(14(22)18-15)9-11(20)17-12-10(3)7-6-8-16-12/h6-8H,4-5,9H2,1-3H3,(H,18,22)(H,16,17,20). The van der Waals surface area contributed by atoms with E-state index in [0.717, 1.165) is 10.5 Å². The lowest BCUT2D eigenvalue weighted by Crippen LogP contribution is -2.46. The zero-order valence-electron chi connectivity index (χ0n) is 13.0. The van der Waals surface area contributed by atoms with Crippen LogP contribution in [0.5, 0.6) is 0 Å². The van der Waals surface area contributed by atoms with Crippen molar-refractivity contribution in [2.45, 2.75) is 39.2 Å². The molecule has 2 N–H and O–H groups in total. The number of amides is 4. The summed E-state index contributed by atoms with van der Waals surface area (Å²) in [6, 6.07) is 3.05. The molecule has 2 rings (SSSR count). The number of rotatable bonds is 5. The molecule has 0 atom stereocenters. The van der Waals surface area contributed by atoms with Crippen LogP contribution in [0.3, 0.4) is 0 Å². The summed E-state index contributed by atoms with van der Waals surface area (Å²) in [5, 5.41) is 5.31. The van der Waals surface area contributed by atoms with Crippen molar-refractivity contribution in [2.75, 3.05) is 11.9 Å². The second kappa shape index (κ2) is 6.13. The summed E-state index contributed by atoms with van der Waals surface area (Å²) in [5.41, 5.74) is -0.0809. The molecule has 22 heavy (non-hydrogen) atoms. The van der Waals surface area contributed by atoms with Gasteiger partial charge in [0.15, 0.2) is 0 Å². The highest BCUT2D eigenvalue weighted by Gasteiger charge is 2.49. The summed E-state index contributed by atoms with van der Waals surface area (Å²) in [7, 11) is 0. The second-order valence-electron chi connectivity index (χ2n) is 5.33. The number of aryl methyl sites for hydroxylation is 1. The molecule has 0 aromatic carbocycles. The number of hydrogen-bond donors (Lipinski definition) is 2. The molecule has 1 aromatic rings. The van der Waals surface area contributed by atoms with Gasteiger partial charge in [-0.15, -0.1) is 0 Å². The molecule has 1 fully saturated rings. The van der Waals surface area contributed by atoms with Gasteiger partial charge in [-0.3, -0.25) is 14.5 Å². The number of urea groups is 1. The molecule has 0 spiro atoms. The van der Waals surface area contributed by atoms with Crippen LogP contribution in [-0.4, -0.2) is 39.8 Å². The lowest BCUT2D eigenvalue weighted by atomic mass is 9.93. The third kappa shape index (κ3) is 2.79. The molecule has 0 saturated carbocycles. The lowest BCUT2D eigenvalue weighted by Gasteiger charge is -2.23. The average molecular weight is 304 g/mol. The molecule has 1 aliphatic rings. The molecule has 1 aliphatic heterocycles. The summed E-state index contributed by atoms with van der Waals surface area (Å²) in [6.45, 7) is 5.17. The van der Waals surface area contributed by atoms with Crippen LogP contribution >= 0.6 is 0 Å². The van der Waals surface area contributed by atoms with Gasteiger partial charge in [0, 0.05) is 6.20 Å². The summed E-state index contributed by atoms with van der Waals surface area (Å²) in [4.78, 5) is 41.5. The minimum Gasteiger partial charge on any atom is -0.323 e. The molecule has 1 aromatic heterocycles. The SMILES string of the molecule is CCC1(CC)NC(=O)N(CC(=O)Nc2ncccc2C)C1=O. The number of carbonyl (C=O) groups is 3. The van der Waals surface area contributed by atoms with E-state index < -0.39 is 17.5 Å². The van der Waals surface area contributed by atoms with Crippen LogP contribution in [0.2, 0.25) is 0 Å². The predicted molar refractivity (Wildman–Crippen MR) is 81.2 cm³/mol. The van der Waals surface area contributed by atoms with E-state index in [0.29, 0.717) is 18.7 Å². The predicted octanol–water partition coefficient (Wildman–Crippen LogP) is 1.44. The number of hydrogen-bond acceptors (Lipinski definition) is 4. The Balaban J connectivity index is 2.08. The zero-order chi connectivity index (χ0) is 16.3. The maximum Gasteiger partial charge on any atom is 0.325 e. The first kappa shape index (κ1) is 15.9. The molecule has 0 unspecified atom stereocenters. The van der Waals surface area contributed by atoms with E-state index in [1.807, 2.05) is 26.8 Å². The highest BCUT2D eigenvalue weighted by molar-refractivity contribution is 6.10. The number of pyridine rings is 1. The van der Waals surface area contributed by atoms with Gasteiger partial charge in [0.05, 0.1) is 0 Å². The molecule has 0 bridgehead atoms. The Kier molecular flexibility index (Phi) is 4.44. The maximum absolute atomic E-state index is 12.4. The lowest BCUT2D eigenvalue weighted by molar-refractivity contribution is -0.134. The van der Waals surface area contributed by atoms with Gasteiger partial charge in [0.2, 0.25) is 5.91 Å². The Hall–Kier alpha value is -2.44. The van der Waals surface area contributed by atoms with Crippen LogP contribution in [0.1, 0.15) is 32.3 Å². The van der Waals surface area contributed by atoms with Crippen LogP contribution in [0.15, 0.2) is 18.3 Å². The van der Waals surface area contributed by atoms with Crippen molar-refractivity contribution >= 4 is 23.7 Å². The van der Waals surface area contributed by atoms with E-state index >= 15 is 0 Å². The molecule has 118 valence electrons. The number of nitrogens with one attached hydrogen (secondary N) is 2. The minimum atomic E-state index is -0.891. The molecular formula is C15H20N4O3. The molecule has 0 radical (unpaired) electrons. The average Bonchev–Trinajstić information content (AvgIpc) is 2.74. The van der Waals surface area contributed by atoms with Gasteiger partial charge in [-0.2, -0.15) is 0 Å². The number of carbonyl (C=O) groups excluding carboxylic acids is 3. The Labute approximate surface area is 129 Å². The summed E-state index contributed by atoms with van der Waals surface area (Å²) in [5.74, 6) is -0.375. The molecule has 7 nitrogen and oxygen atoms in total. The van der Waals surface area contributed by atoms with Crippen LogP contribution in [0, 0.1) is 6.92 Å². The highest BCUT2D eigenvalue weighted by atomic mass is 16.2. The summed E-state index contributed by atoms with van der Waals surface area (Å²) < 4.78 is 0. The number of imide groups is 1. The second-order valence-corrected chi connectivity index (χ2v) is 5.33. The van der Waals surface area contributed by atoms with E-state index in [1.165, 1.54) is 0 Å². The summed E-state index contributed by atoms with van der Waals surface area (Å²) in [6.07, 6.45) is 2.55. The van der Waals surface area contributed by atoms with Gasteiger partial charge in [-0.25, -0.2) is 9.78 Å². The van der Waals surface area contributed by atoms with Crippen LogP contribution in [-0.2, 0) is 9.59 Å². The van der Waals surface area contributed by atoms with E-state index in [4.69, 9.17) is 0 Å². The summed E-state index contributed by atoms with van der Waals surface area (Å²) >= 11 is 0. The molecular weight excluding hydrogens is 284 g/mol. The minimum absolute atomic E-state index is 0.317. The van der Waals surface area contributed by atoms with Crippen LogP contribution in [0.4, 0.5) is 10.6 Å². The Morgan fingerprint density at radius 3 is 2.59 bits per heavy atom. The molecule has 4 amide bonds. The Morgan fingerprint density at radius 1 is 1.36 bits per heavy atom. The van der Waals surface area contributed by atoms with E-state index in [-0.39, 0.29) is 12.5 Å². The number of aromatic nitrogens is 1. The maximum atomic E-state index is 12.4. The van der Waals surface area contributed by atoms with Gasteiger partial charge >= 0.3 is 6.03 Å². The van der Waals surface area contributed by atoms with Crippen molar-refractivity contribution in [1.82, 2.24) is 15.2 Å². The van der Waals surface area contributed by atoms with Crippen molar-refractivity contribution in [3.05, 3.63) is 23.9 Å². The van der Waals surface area contributed by atoms with Crippen molar-refractivity contribution in [3.63, 3.8) is 0 Å². The third-order valence-electron chi connectivity index (χ3n) is 4.02. The van der Waals surface area contributed by atoms with E-state index in [9.17, 15) is 14.4 Å². The fraction of sp³-hybridized carbons (Fsp3) is 0.467. The molecule has 0 aliphatic carbocycles. The van der Waals surface area contributed by atoms with Gasteiger partial charge in [0.25, 0.3) is 5.91 Å².